The van der Waals surface area contributed by atoms with Crippen molar-refractivity contribution < 1.29 is 13.2 Å². The fraction of sp³-hybridized carbons (Fsp3) is 0.545. The number of nitrogens with one attached hydrogen (secondary N) is 1. The molecule has 1 heterocycles. The normalized spacial score (nSPS) is 19.3. The Morgan fingerprint density at radius 2 is 1.88 bits per heavy atom. The van der Waals surface area contributed by atoms with Gasteiger partial charge in [0.2, 0.25) is 10.0 Å². The summed E-state index contributed by atoms with van der Waals surface area (Å²) in [5.41, 5.74) is 0.449. The van der Waals surface area contributed by atoms with Crippen molar-refractivity contribution in [2.45, 2.75) is 61.4 Å². The molecule has 1 atom stereocenters. The summed E-state index contributed by atoms with van der Waals surface area (Å²) in [6.07, 6.45) is 8.67. The van der Waals surface area contributed by atoms with Gasteiger partial charge in [-0.05, 0) is 55.9 Å². The van der Waals surface area contributed by atoms with Gasteiger partial charge in [-0.15, -0.1) is 5.10 Å². The Morgan fingerprint density at radius 3 is 2.44 bits per heavy atom. The number of sulfonamides is 1. The lowest BCUT2D eigenvalue weighted by Crippen LogP contribution is -2.34. The van der Waals surface area contributed by atoms with Crippen LogP contribution in [0.3, 0.4) is 0 Å². The van der Waals surface area contributed by atoms with Gasteiger partial charge < -0.3 is 5.32 Å². The van der Waals surface area contributed by atoms with Gasteiger partial charge in [0.1, 0.15) is 5.69 Å². The largest absolute Gasteiger partial charge is 0.343 e. The van der Waals surface area contributed by atoms with E-state index in [0.717, 1.165) is 42.8 Å². The molecule has 0 aliphatic heterocycles. The van der Waals surface area contributed by atoms with Gasteiger partial charge in [0.15, 0.2) is 5.54 Å². The molecule has 10 heteroatoms. The molecule has 4 rings (SSSR count). The molecular weight excluding hydrogens is 428 g/mol. The zero-order chi connectivity index (χ0) is 22.9. The van der Waals surface area contributed by atoms with Crippen LogP contribution in [0.4, 0.5) is 0 Å². The second-order valence-corrected chi connectivity index (χ2v) is 11.0. The van der Waals surface area contributed by atoms with Crippen molar-refractivity contribution in [2.24, 2.45) is 5.92 Å². The van der Waals surface area contributed by atoms with Crippen LogP contribution in [-0.4, -0.2) is 47.7 Å². The minimum Gasteiger partial charge on any atom is -0.343 e. The maximum atomic E-state index is 13.1. The van der Waals surface area contributed by atoms with Crippen LogP contribution >= 0.6 is 0 Å². The Kier molecular flexibility index (Phi) is 6.05. The zero-order valence-corrected chi connectivity index (χ0v) is 19.2. The first-order valence-corrected chi connectivity index (χ1v) is 12.4. The van der Waals surface area contributed by atoms with Crippen molar-refractivity contribution in [3.8, 4) is 6.07 Å². The number of nitrogens with zero attached hydrogens (tertiary/aromatic N) is 5. The molecule has 0 spiro atoms. The Morgan fingerprint density at radius 1 is 1.22 bits per heavy atom. The zero-order valence-electron chi connectivity index (χ0n) is 18.4. The van der Waals surface area contributed by atoms with Crippen LogP contribution in [-0.2, 0) is 15.6 Å². The fourth-order valence-electron chi connectivity index (χ4n) is 4.25. The molecule has 1 amide bonds. The molecule has 32 heavy (non-hydrogen) atoms. The third kappa shape index (κ3) is 4.27. The highest BCUT2D eigenvalue weighted by molar-refractivity contribution is 7.89. The van der Waals surface area contributed by atoms with E-state index < -0.39 is 15.6 Å². The quantitative estimate of drug-likeness (QED) is 0.684. The monoisotopic (exact) mass is 456 g/mol. The highest BCUT2D eigenvalue weighted by atomic mass is 32.2. The Labute approximate surface area is 188 Å². The molecule has 9 nitrogen and oxygen atoms in total. The number of hydrogen-bond donors (Lipinski definition) is 1. The second kappa shape index (κ2) is 8.64. The highest BCUT2D eigenvalue weighted by Crippen LogP contribution is 2.43. The van der Waals surface area contributed by atoms with Crippen LogP contribution in [0.15, 0.2) is 35.4 Å². The van der Waals surface area contributed by atoms with E-state index in [1.165, 1.54) is 44.8 Å². The first-order chi connectivity index (χ1) is 15.3. The topological polar surface area (TPSA) is 121 Å². The van der Waals surface area contributed by atoms with Gasteiger partial charge in [0.25, 0.3) is 5.91 Å². The number of aromatic nitrogens is 3. The Balaban J connectivity index is 1.56. The van der Waals surface area contributed by atoms with E-state index in [-0.39, 0.29) is 22.8 Å². The molecule has 2 aliphatic carbocycles. The van der Waals surface area contributed by atoms with Crippen molar-refractivity contribution >= 4 is 15.9 Å². The van der Waals surface area contributed by atoms with E-state index in [1.807, 2.05) is 0 Å². The molecule has 1 aromatic carbocycles. The number of amides is 1. The van der Waals surface area contributed by atoms with Crippen LogP contribution in [0.25, 0.3) is 0 Å². The van der Waals surface area contributed by atoms with Crippen LogP contribution in [0.5, 0.6) is 0 Å². The van der Waals surface area contributed by atoms with Crippen LogP contribution in [0.1, 0.15) is 67.0 Å². The molecule has 0 bridgehead atoms. The van der Waals surface area contributed by atoms with Crippen molar-refractivity contribution in [3.63, 3.8) is 0 Å². The number of nitriles is 1. The average Bonchev–Trinajstić information content (AvgIpc) is 3.46. The van der Waals surface area contributed by atoms with Crippen molar-refractivity contribution in [2.75, 3.05) is 14.1 Å². The summed E-state index contributed by atoms with van der Waals surface area (Å²) in [6, 6.07) is 7.94. The van der Waals surface area contributed by atoms with E-state index in [1.54, 1.807) is 10.9 Å². The maximum Gasteiger partial charge on any atom is 0.251 e. The predicted molar refractivity (Wildman–Crippen MR) is 117 cm³/mol. The van der Waals surface area contributed by atoms with Crippen molar-refractivity contribution in [3.05, 3.63) is 41.7 Å². The van der Waals surface area contributed by atoms with Gasteiger partial charge in [-0.1, -0.05) is 24.5 Å². The molecular formula is C22H28N6O3S. The number of carbonyl (C=O) groups excluding carboxylic acids is 1. The van der Waals surface area contributed by atoms with Gasteiger partial charge in [-0.2, -0.15) is 5.26 Å². The summed E-state index contributed by atoms with van der Waals surface area (Å²) in [6.45, 7) is 0. The van der Waals surface area contributed by atoms with E-state index in [0.29, 0.717) is 11.3 Å². The summed E-state index contributed by atoms with van der Waals surface area (Å²) >= 11 is 0. The molecule has 1 N–H and O–H groups in total. The van der Waals surface area contributed by atoms with E-state index in [9.17, 15) is 18.5 Å². The van der Waals surface area contributed by atoms with Gasteiger partial charge in [-0.3, -0.25) is 4.79 Å². The first-order valence-electron chi connectivity index (χ1n) is 10.9. The minimum atomic E-state index is -3.56. The van der Waals surface area contributed by atoms with Crippen molar-refractivity contribution in [1.29, 1.82) is 5.26 Å². The molecule has 2 saturated carbocycles. The smallest absolute Gasteiger partial charge is 0.251 e. The molecule has 2 fully saturated rings. The lowest BCUT2D eigenvalue weighted by molar-refractivity contribution is 0.0910. The van der Waals surface area contributed by atoms with Gasteiger partial charge in [0, 0.05) is 19.7 Å². The Bertz CT molecular complexity index is 1120. The van der Waals surface area contributed by atoms with Crippen molar-refractivity contribution in [1.82, 2.24) is 24.6 Å². The summed E-state index contributed by atoms with van der Waals surface area (Å²) in [4.78, 5) is 13.2. The number of hydrogen-bond acceptors (Lipinski definition) is 6. The van der Waals surface area contributed by atoms with Crippen LogP contribution in [0.2, 0.25) is 0 Å². The number of benzene rings is 1. The summed E-state index contributed by atoms with van der Waals surface area (Å²) in [5.74, 6) is -0.0474. The first kappa shape index (κ1) is 22.4. The summed E-state index contributed by atoms with van der Waals surface area (Å²) < 4.78 is 27.3. The molecule has 2 aliphatic rings. The number of carbonyl (C=O) groups is 1. The minimum absolute atomic E-state index is 0.136. The molecule has 2 aromatic rings. The average molecular weight is 457 g/mol. The molecule has 1 aromatic heterocycles. The van der Waals surface area contributed by atoms with E-state index >= 15 is 0 Å². The molecule has 170 valence electrons. The third-order valence-electron chi connectivity index (χ3n) is 6.50. The van der Waals surface area contributed by atoms with Gasteiger partial charge >= 0.3 is 0 Å². The maximum absolute atomic E-state index is 13.1. The lowest BCUT2D eigenvalue weighted by atomic mass is 9.82. The van der Waals surface area contributed by atoms with Crippen LogP contribution in [0, 0.1) is 17.2 Å². The predicted octanol–water partition coefficient (Wildman–Crippen LogP) is 2.59. The third-order valence-corrected chi connectivity index (χ3v) is 8.33. The SMILES string of the molecule is CN(C)S(=O)(=O)c1ccc(C(=O)NC(c2cn(C3(C#N)CC3)nn2)C2CCCCC2)cc1. The molecule has 0 saturated heterocycles. The molecule has 0 radical (unpaired) electrons. The Hall–Kier alpha value is -2.77. The fourth-order valence-corrected chi connectivity index (χ4v) is 5.16. The summed E-state index contributed by atoms with van der Waals surface area (Å²) in [7, 11) is -0.620. The standard InChI is InChI=1S/C22H28N6O3S/c1-27(2)32(30,31)18-10-8-17(9-11-18)21(29)24-20(16-6-4-3-5-7-16)19-14-28(26-25-19)22(15-23)12-13-22/h8-11,14,16,20H,3-7,12-13H2,1-2H3,(H,24,29). The van der Waals surface area contributed by atoms with Gasteiger partial charge in [-0.25, -0.2) is 17.4 Å². The van der Waals surface area contributed by atoms with E-state index in [4.69, 9.17) is 0 Å². The summed E-state index contributed by atoms with van der Waals surface area (Å²) in [5, 5.41) is 21.1. The number of rotatable bonds is 7. The van der Waals surface area contributed by atoms with E-state index in [2.05, 4.69) is 21.7 Å². The van der Waals surface area contributed by atoms with Gasteiger partial charge in [0.05, 0.1) is 23.2 Å². The van der Waals surface area contributed by atoms with Crippen LogP contribution < -0.4 is 5.32 Å². The highest BCUT2D eigenvalue weighted by Gasteiger charge is 2.47. The second-order valence-electron chi connectivity index (χ2n) is 8.89. The molecule has 1 unspecified atom stereocenters. The lowest BCUT2D eigenvalue weighted by Gasteiger charge is -2.29.